The molecule has 0 heterocycles. The fourth-order valence-corrected chi connectivity index (χ4v) is 2.19. The van der Waals surface area contributed by atoms with Gasteiger partial charge in [0.25, 0.3) is 0 Å². The number of carbonyl (C=O) groups excluding carboxylic acids is 1. The van der Waals surface area contributed by atoms with Gasteiger partial charge in [0.05, 0.1) is 12.2 Å². The van der Waals surface area contributed by atoms with E-state index >= 15 is 0 Å². The Morgan fingerprint density at radius 2 is 2.12 bits per heavy atom. The molecule has 0 aliphatic rings. The summed E-state index contributed by atoms with van der Waals surface area (Å²) in [6.45, 7) is 1.99. The highest BCUT2D eigenvalue weighted by Crippen LogP contribution is 2.25. The molecular formula is C13H13BrNO2-. The Kier molecular flexibility index (Phi) is 5.67. The fourth-order valence-electron chi connectivity index (χ4n) is 1.49. The maximum Gasteiger partial charge on any atom is 0.340 e. The van der Waals surface area contributed by atoms with E-state index in [0.717, 1.165) is 5.56 Å². The van der Waals surface area contributed by atoms with Gasteiger partial charge in [-0.3, -0.25) is 5.87 Å². The van der Waals surface area contributed by atoms with Crippen molar-refractivity contribution in [3.05, 3.63) is 46.9 Å². The molecule has 1 unspecified atom stereocenters. The Bertz CT molecular complexity index is 424. The standard InChI is InChI=1S/C13H13BrNO2/c1-2-17-13(16)12(9-15)11(8-14)10-6-4-3-5-7-10/h3-7,11H,2,8H2,1H3/q-1. The average Bonchev–Trinajstić information content (AvgIpc) is 2.37. The molecule has 1 aromatic rings. The molecule has 1 rings (SSSR count). The number of halogens is 1. The van der Waals surface area contributed by atoms with Crippen LogP contribution in [-0.2, 0) is 9.53 Å². The predicted molar refractivity (Wildman–Crippen MR) is 71.5 cm³/mol. The lowest BCUT2D eigenvalue weighted by Gasteiger charge is -2.16. The van der Waals surface area contributed by atoms with Crippen LogP contribution in [0.4, 0.5) is 0 Å². The molecule has 4 heteroatoms. The predicted octanol–water partition coefficient (Wildman–Crippen LogP) is 2.89. The lowest BCUT2D eigenvalue weighted by Crippen LogP contribution is -2.16. The number of alkyl halides is 1. The van der Waals surface area contributed by atoms with Crippen LogP contribution >= 0.6 is 15.9 Å². The Hall–Kier alpha value is -1.38. The number of esters is 1. The number of hydrogen-bond acceptors (Lipinski definition) is 2. The van der Waals surface area contributed by atoms with Gasteiger partial charge in [0.15, 0.2) is 0 Å². The molecule has 1 atom stereocenters. The minimum Gasteiger partial charge on any atom is -0.763 e. The van der Waals surface area contributed by atoms with Crippen LogP contribution < -0.4 is 0 Å². The van der Waals surface area contributed by atoms with Crippen LogP contribution in [0.2, 0.25) is 0 Å². The number of hydrogen-bond donors (Lipinski definition) is 0. The zero-order valence-corrected chi connectivity index (χ0v) is 11.1. The van der Waals surface area contributed by atoms with Crippen molar-refractivity contribution in [2.24, 2.45) is 0 Å². The second-order valence-electron chi connectivity index (χ2n) is 3.36. The van der Waals surface area contributed by atoms with Crippen LogP contribution in [0.5, 0.6) is 0 Å². The van der Waals surface area contributed by atoms with Gasteiger partial charge in [0, 0.05) is 11.2 Å². The molecule has 0 N–H and O–H groups in total. The van der Waals surface area contributed by atoms with E-state index in [1.54, 1.807) is 6.92 Å². The zero-order chi connectivity index (χ0) is 12.7. The lowest BCUT2D eigenvalue weighted by molar-refractivity contribution is -0.138. The number of ether oxygens (including phenoxy) is 1. The van der Waals surface area contributed by atoms with E-state index in [1.165, 1.54) is 0 Å². The SMILES string of the molecule is CCOC(=O)C(=C=[N-])C(CBr)c1ccccc1. The summed E-state index contributed by atoms with van der Waals surface area (Å²) in [6, 6.07) is 9.44. The van der Waals surface area contributed by atoms with Crippen molar-refractivity contribution in [2.45, 2.75) is 12.8 Å². The number of rotatable bonds is 5. The molecule has 1 aromatic carbocycles. The number of benzene rings is 1. The average molecular weight is 295 g/mol. The summed E-state index contributed by atoms with van der Waals surface area (Å²) in [4.78, 5) is 11.6. The molecule has 0 aromatic heterocycles. The molecule has 3 nitrogen and oxygen atoms in total. The highest BCUT2D eigenvalue weighted by molar-refractivity contribution is 9.09. The van der Waals surface area contributed by atoms with Crippen LogP contribution in [0.15, 0.2) is 35.9 Å². The van der Waals surface area contributed by atoms with Gasteiger partial charge < -0.3 is 10.1 Å². The molecule has 0 saturated carbocycles. The highest BCUT2D eigenvalue weighted by Gasteiger charge is 2.21. The topological polar surface area (TPSA) is 48.6 Å². The first kappa shape index (κ1) is 13.7. The van der Waals surface area contributed by atoms with Gasteiger partial charge in [0.2, 0.25) is 0 Å². The van der Waals surface area contributed by atoms with Gasteiger partial charge in [-0.1, -0.05) is 46.3 Å². The maximum atomic E-state index is 11.6. The van der Waals surface area contributed by atoms with Crippen molar-refractivity contribution in [2.75, 3.05) is 11.9 Å². The van der Waals surface area contributed by atoms with Crippen LogP contribution in [0.3, 0.4) is 0 Å². The summed E-state index contributed by atoms with van der Waals surface area (Å²) in [5.74, 6) is 1.15. The van der Waals surface area contributed by atoms with Crippen molar-refractivity contribution < 1.29 is 9.53 Å². The summed E-state index contributed by atoms with van der Waals surface area (Å²) < 4.78 is 4.88. The Morgan fingerprint density at radius 3 is 2.59 bits per heavy atom. The third kappa shape index (κ3) is 3.55. The van der Waals surface area contributed by atoms with Crippen molar-refractivity contribution >= 4 is 27.8 Å². The van der Waals surface area contributed by atoms with Crippen LogP contribution in [-0.4, -0.2) is 23.8 Å². The van der Waals surface area contributed by atoms with Crippen LogP contribution in [0.1, 0.15) is 18.4 Å². The fraction of sp³-hybridized carbons (Fsp3) is 0.308. The molecule has 0 saturated heterocycles. The maximum absolute atomic E-state index is 11.6. The first-order valence-electron chi connectivity index (χ1n) is 5.29. The number of nitrogens with zero attached hydrogens (tertiary/aromatic N) is 1. The molecule has 0 fully saturated rings. The second kappa shape index (κ2) is 7.05. The molecule has 0 radical (unpaired) electrons. The van der Waals surface area contributed by atoms with E-state index in [0.29, 0.717) is 5.33 Å². The van der Waals surface area contributed by atoms with Crippen molar-refractivity contribution in [3.63, 3.8) is 0 Å². The minimum absolute atomic E-state index is 0.134. The minimum atomic E-state index is -0.539. The smallest absolute Gasteiger partial charge is 0.340 e. The monoisotopic (exact) mass is 294 g/mol. The Labute approximate surface area is 109 Å². The van der Waals surface area contributed by atoms with Gasteiger partial charge in [-0.15, -0.1) is 0 Å². The van der Waals surface area contributed by atoms with Crippen LogP contribution in [0.25, 0.3) is 5.41 Å². The van der Waals surface area contributed by atoms with E-state index < -0.39 is 5.97 Å². The second-order valence-corrected chi connectivity index (χ2v) is 4.01. The zero-order valence-electron chi connectivity index (χ0n) is 9.52. The Balaban J connectivity index is 3.01. The van der Waals surface area contributed by atoms with E-state index in [2.05, 4.69) is 15.9 Å². The van der Waals surface area contributed by atoms with E-state index in [9.17, 15) is 4.79 Å². The first-order chi connectivity index (χ1) is 8.24. The van der Waals surface area contributed by atoms with Crippen molar-refractivity contribution in [1.29, 1.82) is 0 Å². The lowest BCUT2D eigenvalue weighted by atomic mass is 9.94. The summed E-state index contributed by atoms with van der Waals surface area (Å²) in [6.07, 6.45) is 0. The molecule has 0 spiro atoms. The van der Waals surface area contributed by atoms with Crippen LogP contribution in [0, 0.1) is 0 Å². The van der Waals surface area contributed by atoms with Gasteiger partial charge in [-0.2, -0.15) is 0 Å². The third-order valence-corrected chi connectivity index (χ3v) is 2.97. The number of carbonyl (C=O) groups is 1. The van der Waals surface area contributed by atoms with Gasteiger partial charge >= 0.3 is 5.97 Å². The molecule has 0 amide bonds. The van der Waals surface area contributed by atoms with Gasteiger partial charge in [0.1, 0.15) is 0 Å². The largest absolute Gasteiger partial charge is 0.763 e. The molecule has 90 valence electrons. The molecule has 0 aliphatic heterocycles. The van der Waals surface area contributed by atoms with Crippen molar-refractivity contribution in [3.8, 4) is 0 Å². The summed E-state index contributed by atoms with van der Waals surface area (Å²) in [5, 5.41) is 9.59. The van der Waals surface area contributed by atoms with Gasteiger partial charge in [-0.25, -0.2) is 4.79 Å². The van der Waals surface area contributed by atoms with Gasteiger partial charge in [-0.05, 0) is 12.5 Å². The molecule has 0 bridgehead atoms. The van der Waals surface area contributed by atoms with E-state index in [-0.39, 0.29) is 18.1 Å². The normalized spacial score (nSPS) is 11.4. The third-order valence-electron chi connectivity index (χ3n) is 2.32. The first-order valence-corrected chi connectivity index (χ1v) is 6.41. The summed E-state index contributed by atoms with van der Waals surface area (Å²) in [5.41, 5.74) is 1.06. The highest BCUT2D eigenvalue weighted by atomic mass is 79.9. The quantitative estimate of drug-likeness (QED) is 0.363. The van der Waals surface area contributed by atoms with E-state index in [4.69, 9.17) is 10.1 Å². The van der Waals surface area contributed by atoms with E-state index in [1.807, 2.05) is 36.2 Å². The van der Waals surface area contributed by atoms with Crippen molar-refractivity contribution in [1.82, 2.24) is 0 Å². The Morgan fingerprint density at radius 1 is 1.47 bits per heavy atom. The molecular weight excluding hydrogens is 282 g/mol. The molecule has 17 heavy (non-hydrogen) atoms. The summed E-state index contributed by atoms with van der Waals surface area (Å²) >= 11 is 3.33. The molecule has 0 aliphatic carbocycles. The summed E-state index contributed by atoms with van der Waals surface area (Å²) in [7, 11) is 0.